The quantitative estimate of drug-likeness (QED) is 0.510. The third-order valence-corrected chi connectivity index (χ3v) is 5.93. The number of nitrogens with zero attached hydrogens (tertiary/aromatic N) is 3. The van der Waals surface area contributed by atoms with E-state index in [0.717, 1.165) is 48.2 Å². The fraction of sp³-hybridized carbons (Fsp3) is 0.273. The third-order valence-electron chi connectivity index (χ3n) is 4.89. The Morgan fingerprint density at radius 2 is 1.78 bits per heavy atom. The molecule has 1 heterocycles. The standard InChI is InChI=1S/C22H21F2N5O2S/c1-12(21(31)26-19-17(23)7-4-8-18(19)24)32-22-28-27-20(14-9-10-14)29(22)16-6-3-5-15(11-16)25-13(2)30/h3-8,11-12,14H,9-10H2,1-2H3,(H,25,30)(H,26,31). The maximum Gasteiger partial charge on any atom is 0.237 e. The molecule has 1 fully saturated rings. The Morgan fingerprint density at radius 3 is 2.44 bits per heavy atom. The van der Waals surface area contributed by atoms with Crippen LogP contribution in [0.25, 0.3) is 5.69 Å². The van der Waals surface area contributed by atoms with Crippen molar-refractivity contribution in [1.29, 1.82) is 0 Å². The zero-order valence-electron chi connectivity index (χ0n) is 17.4. The Morgan fingerprint density at radius 1 is 1.09 bits per heavy atom. The summed E-state index contributed by atoms with van der Waals surface area (Å²) in [5.74, 6) is -1.38. The van der Waals surface area contributed by atoms with Crippen LogP contribution >= 0.6 is 11.8 Å². The highest BCUT2D eigenvalue weighted by Crippen LogP contribution is 2.41. The van der Waals surface area contributed by atoms with Gasteiger partial charge in [0.15, 0.2) is 5.16 Å². The molecule has 0 bridgehead atoms. The number of halogens is 2. The number of rotatable bonds is 7. The minimum Gasteiger partial charge on any atom is -0.326 e. The van der Waals surface area contributed by atoms with E-state index in [1.54, 1.807) is 19.1 Å². The van der Waals surface area contributed by atoms with Crippen molar-refractivity contribution in [1.82, 2.24) is 14.8 Å². The van der Waals surface area contributed by atoms with Crippen LogP contribution in [0.2, 0.25) is 0 Å². The maximum absolute atomic E-state index is 13.9. The van der Waals surface area contributed by atoms with Gasteiger partial charge in [0.2, 0.25) is 11.8 Å². The minimum atomic E-state index is -0.843. The third kappa shape index (κ3) is 4.80. The largest absolute Gasteiger partial charge is 0.326 e. The zero-order valence-corrected chi connectivity index (χ0v) is 18.2. The first-order valence-corrected chi connectivity index (χ1v) is 11.0. The molecule has 7 nitrogen and oxygen atoms in total. The predicted octanol–water partition coefficient (Wildman–Crippen LogP) is 4.50. The smallest absolute Gasteiger partial charge is 0.237 e. The van der Waals surface area contributed by atoms with E-state index in [2.05, 4.69) is 20.8 Å². The van der Waals surface area contributed by atoms with Gasteiger partial charge in [-0.15, -0.1) is 10.2 Å². The molecule has 0 radical (unpaired) electrons. The lowest BCUT2D eigenvalue weighted by molar-refractivity contribution is -0.115. The van der Waals surface area contributed by atoms with Crippen molar-refractivity contribution in [2.45, 2.75) is 43.0 Å². The van der Waals surface area contributed by atoms with Crippen LogP contribution in [0.3, 0.4) is 0 Å². The molecule has 2 N–H and O–H groups in total. The van der Waals surface area contributed by atoms with Crippen LogP contribution in [0.4, 0.5) is 20.2 Å². The lowest BCUT2D eigenvalue weighted by Gasteiger charge is -2.15. The van der Waals surface area contributed by atoms with E-state index in [-0.39, 0.29) is 11.8 Å². The SMILES string of the molecule is CC(=O)Nc1cccc(-n2c(SC(C)C(=O)Nc3c(F)cccc3F)nnc2C2CC2)c1. The van der Waals surface area contributed by atoms with Gasteiger partial charge in [-0.2, -0.15) is 0 Å². The molecule has 1 saturated carbocycles. The van der Waals surface area contributed by atoms with Crippen molar-refractivity contribution in [3.8, 4) is 5.69 Å². The van der Waals surface area contributed by atoms with Gasteiger partial charge in [0.1, 0.15) is 23.1 Å². The molecule has 32 heavy (non-hydrogen) atoms. The molecule has 0 spiro atoms. The highest BCUT2D eigenvalue weighted by atomic mass is 32.2. The molecular formula is C22H21F2N5O2S. The lowest BCUT2D eigenvalue weighted by Crippen LogP contribution is -2.24. The number of thioether (sulfide) groups is 1. The zero-order chi connectivity index (χ0) is 22.8. The fourth-order valence-corrected chi connectivity index (χ4v) is 4.06. The summed E-state index contributed by atoms with van der Waals surface area (Å²) in [6, 6.07) is 10.6. The van der Waals surface area contributed by atoms with Crippen LogP contribution in [0.5, 0.6) is 0 Å². The highest BCUT2D eigenvalue weighted by Gasteiger charge is 2.32. The average Bonchev–Trinajstić information content (AvgIpc) is 3.50. The summed E-state index contributed by atoms with van der Waals surface area (Å²) in [6.07, 6.45) is 1.99. The van der Waals surface area contributed by atoms with Crippen LogP contribution in [0.1, 0.15) is 38.4 Å². The second-order valence-electron chi connectivity index (χ2n) is 7.53. The average molecular weight is 458 g/mol. The monoisotopic (exact) mass is 457 g/mol. The summed E-state index contributed by atoms with van der Waals surface area (Å²) in [5.41, 5.74) is 0.897. The summed E-state index contributed by atoms with van der Waals surface area (Å²) in [4.78, 5) is 24.1. The van der Waals surface area contributed by atoms with E-state index in [0.29, 0.717) is 10.8 Å². The number of nitrogens with one attached hydrogen (secondary N) is 2. The van der Waals surface area contributed by atoms with Crippen LogP contribution < -0.4 is 10.6 Å². The molecule has 10 heteroatoms. The number of carbonyl (C=O) groups excluding carboxylic acids is 2. The van der Waals surface area contributed by atoms with Crippen molar-refractivity contribution >= 4 is 35.0 Å². The number of carbonyl (C=O) groups is 2. The van der Waals surface area contributed by atoms with Crippen molar-refractivity contribution in [2.24, 2.45) is 0 Å². The van der Waals surface area contributed by atoms with Gasteiger partial charge in [-0.05, 0) is 50.1 Å². The topological polar surface area (TPSA) is 88.9 Å². The van der Waals surface area contributed by atoms with Gasteiger partial charge in [0.05, 0.1) is 10.9 Å². The van der Waals surface area contributed by atoms with E-state index >= 15 is 0 Å². The molecule has 2 amide bonds. The van der Waals surface area contributed by atoms with Gasteiger partial charge in [-0.3, -0.25) is 14.2 Å². The van der Waals surface area contributed by atoms with E-state index in [4.69, 9.17) is 0 Å². The van der Waals surface area contributed by atoms with Crippen molar-refractivity contribution in [3.63, 3.8) is 0 Å². The van der Waals surface area contributed by atoms with Gasteiger partial charge >= 0.3 is 0 Å². The number of anilines is 2. The van der Waals surface area contributed by atoms with Crippen LogP contribution in [-0.2, 0) is 9.59 Å². The Hall–Kier alpha value is -3.27. The summed E-state index contributed by atoms with van der Waals surface area (Å²) >= 11 is 1.13. The highest BCUT2D eigenvalue weighted by molar-refractivity contribution is 8.00. The number of benzene rings is 2. The second-order valence-corrected chi connectivity index (χ2v) is 8.84. The van der Waals surface area contributed by atoms with Crippen molar-refractivity contribution in [2.75, 3.05) is 10.6 Å². The van der Waals surface area contributed by atoms with Gasteiger partial charge in [0, 0.05) is 18.5 Å². The Labute approximate surface area is 187 Å². The molecule has 0 aliphatic heterocycles. The fourth-order valence-electron chi connectivity index (χ4n) is 3.19. The molecule has 2 aromatic carbocycles. The molecule has 0 saturated heterocycles. The van der Waals surface area contributed by atoms with Crippen LogP contribution in [0, 0.1) is 11.6 Å². The van der Waals surface area contributed by atoms with Crippen LogP contribution in [-0.4, -0.2) is 31.8 Å². The molecular weight excluding hydrogens is 436 g/mol. The van der Waals surface area contributed by atoms with Gasteiger partial charge in [-0.25, -0.2) is 8.78 Å². The maximum atomic E-state index is 13.9. The molecule has 1 aliphatic carbocycles. The van der Waals surface area contributed by atoms with Crippen LogP contribution in [0.15, 0.2) is 47.6 Å². The van der Waals surface area contributed by atoms with Gasteiger partial charge in [-0.1, -0.05) is 23.9 Å². The minimum absolute atomic E-state index is 0.186. The summed E-state index contributed by atoms with van der Waals surface area (Å²) in [5, 5.41) is 13.4. The Balaban J connectivity index is 1.59. The van der Waals surface area contributed by atoms with Crippen molar-refractivity contribution < 1.29 is 18.4 Å². The molecule has 1 atom stereocenters. The van der Waals surface area contributed by atoms with E-state index in [1.165, 1.54) is 13.0 Å². The normalized spacial score (nSPS) is 14.1. The summed E-state index contributed by atoms with van der Waals surface area (Å²) < 4.78 is 29.7. The Kier molecular flexibility index (Phi) is 6.22. The first-order chi connectivity index (χ1) is 15.3. The lowest BCUT2D eigenvalue weighted by atomic mass is 10.2. The number of hydrogen-bond donors (Lipinski definition) is 2. The molecule has 1 unspecified atom stereocenters. The first-order valence-electron chi connectivity index (χ1n) is 10.1. The molecule has 3 aromatic rings. The van der Waals surface area contributed by atoms with E-state index < -0.39 is 28.5 Å². The van der Waals surface area contributed by atoms with E-state index in [9.17, 15) is 18.4 Å². The summed E-state index contributed by atoms with van der Waals surface area (Å²) in [7, 11) is 0. The molecule has 4 rings (SSSR count). The predicted molar refractivity (Wildman–Crippen MR) is 118 cm³/mol. The molecule has 1 aliphatic rings. The number of aromatic nitrogens is 3. The Bertz CT molecular complexity index is 1160. The number of amides is 2. The number of para-hydroxylation sites is 1. The molecule has 1 aromatic heterocycles. The van der Waals surface area contributed by atoms with Gasteiger partial charge in [0.25, 0.3) is 0 Å². The first kappa shape index (κ1) is 21.9. The number of hydrogen-bond acceptors (Lipinski definition) is 5. The molecule has 166 valence electrons. The van der Waals surface area contributed by atoms with Crippen molar-refractivity contribution in [3.05, 3.63) is 59.9 Å². The van der Waals surface area contributed by atoms with Gasteiger partial charge < -0.3 is 10.6 Å². The van der Waals surface area contributed by atoms with E-state index in [1.807, 2.05) is 16.7 Å². The second kappa shape index (κ2) is 9.07. The summed E-state index contributed by atoms with van der Waals surface area (Å²) in [6.45, 7) is 3.06.